The molecule has 1 aromatic carbocycles. The minimum Gasteiger partial charge on any atom is -0.388 e. The van der Waals surface area contributed by atoms with E-state index < -0.39 is 18.0 Å². The molecule has 24 heavy (non-hydrogen) atoms. The van der Waals surface area contributed by atoms with Crippen molar-refractivity contribution >= 4 is 11.7 Å². The molecule has 2 N–H and O–H groups in total. The average Bonchev–Trinajstić information content (AvgIpc) is 2.91. The lowest BCUT2D eigenvalue weighted by molar-refractivity contribution is -0.0140. The first kappa shape index (κ1) is 16.4. The van der Waals surface area contributed by atoms with Crippen LogP contribution in [0.5, 0.6) is 0 Å². The summed E-state index contributed by atoms with van der Waals surface area (Å²) in [6, 6.07) is 8.68. The van der Waals surface area contributed by atoms with Crippen molar-refractivity contribution in [2.75, 3.05) is 11.9 Å². The van der Waals surface area contributed by atoms with Crippen LogP contribution in [0.2, 0.25) is 0 Å². The molecule has 7 heteroatoms. The molecular formula is C17H19N3O4. The lowest BCUT2D eigenvalue weighted by Crippen LogP contribution is -2.34. The molecule has 0 spiro atoms. The van der Waals surface area contributed by atoms with E-state index in [1.54, 1.807) is 37.4 Å². The fraction of sp³-hybridized carbons (Fsp3) is 0.353. The summed E-state index contributed by atoms with van der Waals surface area (Å²) in [4.78, 5) is 28.4. The first-order chi connectivity index (χ1) is 11.5. The van der Waals surface area contributed by atoms with Gasteiger partial charge in [-0.25, -0.2) is 4.79 Å². The highest BCUT2D eigenvalue weighted by Crippen LogP contribution is 2.27. The largest absolute Gasteiger partial charge is 0.388 e. The topological polar surface area (TPSA) is 93.4 Å². The Morgan fingerprint density at radius 1 is 1.38 bits per heavy atom. The van der Waals surface area contributed by atoms with Crippen molar-refractivity contribution in [3.05, 3.63) is 58.1 Å². The lowest BCUT2D eigenvalue weighted by Gasteiger charge is -2.19. The highest BCUT2D eigenvalue weighted by molar-refractivity contribution is 6.03. The lowest BCUT2D eigenvalue weighted by atomic mass is 10.1. The normalized spacial score (nSPS) is 23.2. The van der Waals surface area contributed by atoms with Crippen molar-refractivity contribution in [1.82, 2.24) is 9.55 Å². The van der Waals surface area contributed by atoms with Crippen molar-refractivity contribution in [2.24, 2.45) is 5.92 Å². The van der Waals surface area contributed by atoms with Gasteiger partial charge in [-0.15, -0.1) is 0 Å². The number of anilines is 1. The number of nitrogens with one attached hydrogen (secondary N) is 1. The summed E-state index contributed by atoms with van der Waals surface area (Å²) in [5, 5.41) is 12.7. The molecule has 1 aliphatic heterocycles. The van der Waals surface area contributed by atoms with Crippen LogP contribution in [-0.4, -0.2) is 33.3 Å². The molecule has 0 aliphatic carbocycles. The first-order valence-corrected chi connectivity index (χ1v) is 7.73. The van der Waals surface area contributed by atoms with Crippen LogP contribution >= 0.6 is 0 Å². The maximum Gasteiger partial charge on any atom is 0.351 e. The van der Waals surface area contributed by atoms with E-state index in [0.29, 0.717) is 17.7 Å². The predicted octanol–water partition coefficient (Wildman–Crippen LogP) is 1.33. The van der Waals surface area contributed by atoms with Gasteiger partial charge in [0, 0.05) is 23.2 Å². The first-order valence-electron chi connectivity index (χ1n) is 7.73. The van der Waals surface area contributed by atoms with Gasteiger partial charge >= 0.3 is 5.69 Å². The van der Waals surface area contributed by atoms with Crippen molar-refractivity contribution in [1.29, 1.82) is 0 Å². The Morgan fingerprint density at radius 3 is 2.71 bits per heavy atom. The smallest absolute Gasteiger partial charge is 0.351 e. The van der Waals surface area contributed by atoms with Crippen LogP contribution in [0.4, 0.5) is 5.82 Å². The van der Waals surface area contributed by atoms with Crippen molar-refractivity contribution in [3.63, 3.8) is 0 Å². The van der Waals surface area contributed by atoms with Crippen LogP contribution in [0.25, 0.3) is 0 Å². The van der Waals surface area contributed by atoms with Gasteiger partial charge in [0.2, 0.25) is 0 Å². The Morgan fingerprint density at radius 2 is 2.08 bits per heavy atom. The third-order valence-electron chi connectivity index (χ3n) is 4.08. The molecule has 7 nitrogen and oxygen atoms in total. The zero-order valence-electron chi connectivity index (χ0n) is 13.5. The third kappa shape index (κ3) is 3.08. The van der Waals surface area contributed by atoms with E-state index in [1.165, 1.54) is 4.57 Å². The predicted molar refractivity (Wildman–Crippen MR) is 87.8 cm³/mol. The Balaban J connectivity index is 1.85. The van der Waals surface area contributed by atoms with Gasteiger partial charge in [0.15, 0.2) is 6.23 Å². The van der Waals surface area contributed by atoms with Gasteiger partial charge in [0.25, 0.3) is 5.91 Å². The number of amides is 1. The molecule has 1 aliphatic rings. The number of rotatable bonds is 3. The van der Waals surface area contributed by atoms with Gasteiger partial charge in [-0.05, 0) is 19.1 Å². The van der Waals surface area contributed by atoms with Gasteiger partial charge in [0.05, 0.1) is 6.61 Å². The van der Waals surface area contributed by atoms with E-state index in [4.69, 9.17) is 4.74 Å². The molecule has 126 valence electrons. The molecule has 2 heterocycles. The van der Waals surface area contributed by atoms with E-state index in [-0.39, 0.29) is 17.6 Å². The molecule has 1 unspecified atom stereocenters. The molecule has 3 rings (SSSR count). The van der Waals surface area contributed by atoms with Crippen LogP contribution in [0.15, 0.2) is 41.3 Å². The Kier molecular flexibility index (Phi) is 4.46. The number of carbonyl (C=O) groups excluding carboxylic acids is 1. The Labute approximate surface area is 138 Å². The zero-order valence-corrected chi connectivity index (χ0v) is 13.5. The van der Waals surface area contributed by atoms with Gasteiger partial charge in [0.1, 0.15) is 11.9 Å². The second kappa shape index (κ2) is 6.54. The van der Waals surface area contributed by atoms with Crippen LogP contribution in [0.3, 0.4) is 0 Å². The number of aromatic nitrogens is 2. The quantitative estimate of drug-likeness (QED) is 0.886. The van der Waals surface area contributed by atoms with E-state index in [2.05, 4.69) is 10.3 Å². The van der Waals surface area contributed by atoms with Gasteiger partial charge in [-0.3, -0.25) is 9.36 Å². The fourth-order valence-electron chi connectivity index (χ4n) is 2.62. The monoisotopic (exact) mass is 329 g/mol. The second-order valence-electron chi connectivity index (χ2n) is 5.97. The van der Waals surface area contributed by atoms with Crippen molar-refractivity contribution in [3.8, 4) is 0 Å². The Bertz CT molecular complexity index is 803. The molecule has 1 aromatic heterocycles. The summed E-state index contributed by atoms with van der Waals surface area (Å²) in [5.41, 5.74) is 0.502. The summed E-state index contributed by atoms with van der Waals surface area (Å²) in [6.07, 6.45) is 0.0215. The van der Waals surface area contributed by atoms with Gasteiger partial charge in [-0.2, -0.15) is 4.98 Å². The summed E-state index contributed by atoms with van der Waals surface area (Å²) < 4.78 is 6.74. The molecule has 2 aromatic rings. The van der Waals surface area contributed by atoms with Crippen LogP contribution < -0.4 is 11.0 Å². The fourth-order valence-corrected chi connectivity index (χ4v) is 2.62. The van der Waals surface area contributed by atoms with E-state index in [9.17, 15) is 14.7 Å². The van der Waals surface area contributed by atoms with E-state index in [1.807, 2.05) is 13.0 Å². The maximum atomic E-state index is 12.3. The van der Waals surface area contributed by atoms with E-state index in [0.717, 1.165) is 0 Å². The molecule has 0 radical (unpaired) electrons. The number of hydrogen-bond donors (Lipinski definition) is 2. The summed E-state index contributed by atoms with van der Waals surface area (Å²) in [6.45, 7) is 3.96. The number of aliphatic hydroxyl groups is 1. The van der Waals surface area contributed by atoms with E-state index >= 15 is 0 Å². The molecule has 0 bridgehead atoms. The standard InChI is InChI=1S/C17H19N3O4/c1-10-8-20(16-13(21)11(2)9-24-16)17(23)19-14(10)18-15(22)12-6-4-3-5-7-12/h3-8,11,13,16,21H,9H2,1-2H3,(H,18,19,22,23)/t11-,13?,16-/m1/s1. The van der Waals surface area contributed by atoms with Crippen molar-refractivity contribution < 1.29 is 14.6 Å². The highest BCUT2D eigenvalue weighted by Gasteiger charge is 2.35. The van der Waals surface area contributed by atoms with Crippen LogP contribution in [0.1, 0.15) is 29.1 Å². The number of nitrogens with zero attached hydrogens (tertiary/aromatic N) is 2. The minimum absolute atomic E-state index is 0.0559. The number of aliphatic hydroxyl groups excluding tert-OH is 1. The molecule has 3 atom stereocenters. The maximum absolute atomic E-state index is 12.3. The number of ether oxygens (including phenoxy) is 1. The molecular weight excluding hydrogens is 310 g/mol. The SMILES string of the molecule is Cc1cn([C@@H]2OC[C@@H](C)C2O)c(=O)nc1NC(=O)c1ccccc1. The average molecular weight is 329 g/mol. The molecule has 1 saturated heterocycles. The van der Waals surface area contributed by atoms with Crippen LogP contribution in [-0.2, 0) is 4.74 Å². The van der Waals surface area contributed by atoms with Gasteiger partial charge < -0.3 is 15.2 Å². The second-order valence-corrected chi connectivity index (χ2v) is 5.97. The molecule has 0 saturated carbocycles. The molecule has 1 amide bonds. The minimum atomic E-state index is -0.770. The number of hydrogen-bond acceptors (Lipinski definition) is 5. The van der Waals surface area contributed by atoms with Gasteiger partial charge in [-0.1, -0.05) is 25.1 Å². The Hall–Kier alpha value is -2.51. The van der Waals surface area contributed by atoms with Crippen LogP contribution in [0, 0.1) is 12.8 Å². The summed E-state index contributed by atoms with van der Waals surface area (Å²) in [7, 11) is 0. The number of carbonyl (C=O) groups is 1. The third-order valence-corrected chi connectivity index (χ3v) is 4.08. The summed E-state index contributed by atoms with van der Waals surface area (Å²) in [5.74, 6) is -0.195. The highest BCUT2D eigenvalue weighted by atomic mass is 16.5. The van der Waals surface area contributed by atoms with Crippen molar-refractivity contribution in [2.45, 2.75) is 26.2 Å². The molecule has 1 fully saturated rings. The number of aryl methyl sites for hydroxylation is 1. The summed E-state index contributed by atoms with van der Waals surface area (Å²) >= 11 is 0. The zero-order chi connectivity index (χ0) is 17.3. The number of benzene rings is 1.